The molecule has 0 spiro atoms. The van der Waals surface area contributed by atoms with Gasteiger partial charge < -0.3 is 5.32 Å². The van der Waals surface area contributed by atoms with Gasteiger partial charge in [-0.05, 0) is 41.3 Å². The highest BCUT2D eigenvalue weighted by atomic mass is 32.2. The molecule has 0 fully saturated rings. The number of amides is 1. The Kier molecular flexibility index (Phi) is 6.63. The third-order valence-electron chi connectivity index (χ3n) is 4.59. The molecule has 0 aliphatic rings. The number of thiophene rings is 1. The number of benzene rings is 2. The lowest BCUT2D eigenvalue weighted by Gasteiger charge is -2.23. The summed E-state index contributed by atoms with van der Waals surface area (Å²) in [4.78, 5) is 18.1. The van der Waals surface area contributed by atoms with E-state index in [1.807, 2.05) is 17.5 Å². The van der Waals surface area contributed by atoms with Crippen molar-refractivity contribution in [2.24, 2.45) is 0 Å². The zero-order valence-corrected chi connectivity index (χ0v) is 19.0. The predicted octanol–water partition coefficient (Wildman–Crippen LogP) is 4.44. The third kappa shape index (κ3) is 4.87. The van der Waals surface area contributed by atoms with Crippen molar-refractivity contribution in [1.82, 2.24) is 10.3 Å². The number of rotatable bonds is 8. The van der Waals surface area contributed by atoms with E-state index < -0.39 is 28.5 Å². The van der Waals surface area contributed by atoms with Gasteiger partial charge >= 0.3 is 0 Å². The van der Waals surface area contributed by atoms with Gasteiger partial charge in [0, 0.05) is 16.5 Å². The Balaban J connectivity index is 1.62. The molecule has 0 radical (unpaired) electrons. The number of hydrogen-bond donors (Lipinski definition) is 1. The number of carbonyl (C=O) groups excluding carboxylic acids is 1. The Morgan fingerprint density at radius 1 is 1.00 bits per heavy atom. The molecular formula is C22H18FN3O3S3. The summed E-state index contributed by atoms with van der Waals surface area (Å²) in [6.07, 6.45) is 1.48. The van der Waals surface area contributed by atoms with Crippen LogP contribution in [0.4, 0.5) is 9.52 Å². The monoisotopic (exact) mass is 487 g/mol. The van der Waals surface area contributed by atoms with Gasteiger partial charge in [0.15, 0.2) is 5.13 Å². The van der Waals surface area contributed by atoms with E-state index in [0.29, 0.717) is 5.56 Å². The summed E-state index contributed by atoms with van der Waals surface area (Å²) in [5.41, 5.74) is 0.689. The first-order valence-corrected chi connectivity index (χ1v) is 12.7. The number of nitrogens with zero attached hydrogens (tertiary/aromatic N) is 2. The van der Waals surface area contributed by atoms with Crippen LogP contribution in [-0.4, -0.2) is 25.9 Å². The van der Waals surface area contributed by atoms with Crippen LogP contribution >= 0.6 is 22.7 Å². The number of aromatic nitrogens is 1. The van der Waals surface area contributed by atoms with Gasteiger partial charge in [-0.3, -0.25) is 4.79 Å². The molecule has 1 unspecified atom stereocenters. The quantitative estimate of drug-likeness (QED) is 0.398. The molecule has 0 saturated heterocycles. The molecule has 4 rings (SSSR count). The van der Waals surface area contributed by atoms with E-state index in [9.17, 15) is 17.6 Å². The predicted molar refractivity (Wildman–Crippen MR) is 124 cm³/mol. The van der Waals surface area contributed by atoms with Crippen LogP contribution in [0.3, 0.4) is 0 Å². The maximum Gasteiger partial charge on any atom is 0.266 e. The second kappa shape index (κ2) is 9.60. The summed E-state index contributed by atoms with van der Waals surface area (Å²) < 4.78 is 40.9. The van der Waals surface area contributed by atoms with Crippen molar-refractivity contribution < 1.29 is 17.6 Å². The molecule has 2 heterocycles. The van der Waals surface area contributed by atoms with Crippen LogP contribution in [0.1, 0.15) is 16.5 Å². The normalized spacial score (nSPS) is 12.3. The van der Waals surface area contributed by atoms with Crippen molar-refractivity contribution >= 4 is 43.7 Å². The number of nitrogens with one attached hydrogen (secondary N) is 1. The number of halogens is 1. The van der Waals surface area contributed by atoms with Crippen molar-refractivity contribution in [3.63, 3.8) is 0 Å². The van der Waals surface area contributed by atoms with E-state index in [2.05, 4.69) is 10.3 Å². The summed E-state index contributed by atoms with van der Waals surface area (Å²) in [5, 5.41) is 6.61. The standard InChI is InChI=1S/C22H18FN3O3S3/c23-17-10-8-16(9-11-17)21(19-7-4-13-30-19)25-20(27)15-26(22-24-12-14-31-22)32(28,29)18-5-2-1-3-6-18/h1-14,21H,15H2,(H,25,27). The fourth-order valence-electron chi connectivity index (χ4n) is 3.08. The van der Waals surface area contributed by atoms with Crippen LogP contribution in [-0.2, 0) is 14.8 Å². The van der Waals surface area contributed by atoms with Crippen molar-refractivity contribution in [2.45, 2.75) is 10.9 Å². The van der Waals surface area contributed by atoms with Gasteiger partial charge in [-0.25, -0.2) is 22.1 Å². The highest BCUT2D eigenvalue weighted by Crippen LogP contribution is 2.28. The van der Waals surface area contributed by atoms with E-state index in [1.165, 1.54) is 41.8 Å². The first-order chi connectivity index (χ1) is 15.4. The molecule has 2 aromatic heterocycles. The van der Waals surface area contributed by atoms with E-state index in [1.54, 1.807) is 35.7 Å². The van der Waals surface area contributed by atoms with Crippen molar-refractivity contribution in [2.75, 3.05) is 10.8 Å². The van der Waals surface area contributed by atoms with Crippen molar-refractivity contribution in [3.05, 3.63) is 99.9 Å². The third-order valence-corrected chi connectivity index (χ3v) is 8.18. The summed E-state index contributed by atoms with van der Waals surface area (Å²) >= 11 is 2.57. The molecule has 2 aromatic carbocycles. The van der Waals surface area contributed by atoms with Crippen LogP contribution in [0.5, 0.6) is 0 Å². The zero-order chi connectivity index (χ0) is 22.6. The topological polar surface area (TPSA) is 79.4 Å². The SMILES string of the molecule is O=C(CN(c1nccs1)S(=O)(=O)c1ccccc1)NC(c1ccc(F)cc1)c1cccs1. The fourth-order valence-corrected chi connectivity index (χ4v) is 6.15. The highest BCUT2D eigenvalue weighted by Gasteiger charge is 2.30. The summed E-state index contributed by atoms with van der Waals surface area (Å²) in [5.74, 6) is -0.892. The van der Waals surface area contributed by atoms with Crippen LogP contribution in [0.2, 0.25) is 0 Å². The lowest BCUT2D eigenvalue weighted by atomic mass is 10.1. The maximum atomic E-state index is 13.4. The molecular weight excluding hydrogens is 469 g/mol. The molecule has 4 aromatic rings. The minimum atomic E-state index is -4.01. The summed E-state index contributed by atoms with van der Waals surface area (Å²) in [6.45, 7) is -0.451. The summed E-state index contributed by atoms with van der Waals surface area (Å²) in [7, 11) is -4.01. The van der Waals surface area contributed by atoms with Gasteiger partial charge in [0.25, 0.3) is 10.0 Å². The van der Waals surface area contributed by atoms with Gasteiger partial charge in [0.05, 0.1) is 10.9 Å². The van der Waals surface area contributed by atoms with Gasteiger partial charge in [0.2, 0.25) is 5.91 Å². The highest BCUT2D eigenvalue weighted by molar-refractivity contribution is 7.93. The molecule has 0 saturated carbocycles. The van der Waals surface area contributed by atoms with Gasteiger partial charge in [-0.1, -0.05) is 36.4 Å². The fraction of sp³-hybridized carbons (Fsp3) is 0.0909. The Morgan fingerprint density at radius 3 is 2.38 bits per heavy atom. The minimum absolute atomic E-state index is 0.0661. The average Bonchev–Trinajstić information content (AvgIpc) is 3.51. The van der Waals surface area contributed by atoms with Crippen molar-refractivity contribution in [1.29, 1.82) is 0 Å². The molecule has 1 N–H and O–H groups in total. The van der Waals surface area contributed by atoms with Crippen LogP contribution in [0.25, 0.3) is 0 Å². The number of thiazole rings is 1. The van der Waals surface area contributed by atoms with Crippen LogP contribution in [0.15, 0.2) is 88.6 Å². The Morgan fingerprint density at radius 2 is 1.75 bits per heavy atom. The maximum absolute atomic E-state index is 13.4. The lowest BCUT2D eigenvalue weighted by Crippen LogP contribution is -2.42. The van der Waals surface area contributed by atoms with E-state index >= 15 is 0 Å². The smallest absolute Gasteiger partial charge is 0.266 e. The van der Waals surface area contributed by atoms with E-state index in [4.69, 9.17) is 0 Å². The summed E-state index contributed by atoms with van der Waals surface area (Å²) in [6, 6.07) is 16.9. The molecule has 10 heteroatoms. The largest absolute Gasteiger partial charge is 0.343 e. The van der Waals surface area contributed by atoms with Crippen molar-refractivity contribution in [3.8, 4) is 0 Å². The lowest BCUT2D eigenvalue weighted by molar-refractivity contribution is -0.120. The second-order valence-electron chi connectivity index (χ2n) is 6.71. The molecule has 32 heavy (non-hydrogen) atoms. The molecule has 0 aliphatic heterocycles. The Hall–Kier alpha value is -3.08. The van der Waals surface area contributed by atoms with Crippen LogP contribution < -0.4 is 9.62 Å². The van der Waals surface area contributed by atoms with E-state index in [0.717, 1.165) is 20.5 Å². The average molecular weight is 488 g/mol. The number of sulfonamides is 1. The molecule has 164 valence electrons. The molecule has 1 amide bonds. The number of carbonyl (C=O) groups is 1. The van der Waals surface area contributed by atoms with Gasteiger partial charge in [-0.2, -0.15) is 0 Å². The minimum Gasteiger partial charge on any atom is -0.343 e. The van der Waals surface area contributed by atoms with Crippen LogP contribution in [0, 0.1) is 5.82 Å². The number of anilines is 1. The zero-order valence-electron chi connectivity index (χ0n) is 16.6. The second-order valence-corrected chi connectivity index (χ2v) is 10.4. The van der Waals surface area contributed by atoms with Gasteiger partial charge in [0.1, 0.15) is 12.4 Å². The van der Waals surface area contributed by atoms with Gasteiger partial charge in [-0.15, -0.1) is 22.7 Å². The first kappa shape index (κ1) is 22.1. The molecule has 0 aliphatic carbocycles. The Labute approximate surface area is 193 Å². The first-order valence-electron chi connectivity index (χ1n) is 9.50. The van der Waals surface area contributed by atoms with E-state index in [-0.39, 0.29) is 15.8 Å². The molecule has 1 atom stereocenters. The molecule has 6 nitrogen and oxygen atoms in total. The molecule has 0 bridgehead atoms. The Bertz CT molecular complexity index is 1260. The number of hydrogen-bond acceptors (Lipinski definition) is 6.